The van der Waals surface area contributed by atoms with Crippen molar-refractivity contribution in [3.8, 4) is 0 Å². The fraction of sp³-hybridized carbons (Fsp3) is 0.846. The third-order valence-electron chi connectivity index (χ3n) is 2.87. The summed E-state index contributed by atoms with van der Waals surface area (Å²) in [6.45, 7) is 8.37. The highest BCUT2D eigenvalue weighted by Gasteiger charge is 2.24. The molecule has 1 fully saturated rings. The highest BCUT2D eigenvalue weighted by Crippen LogP contribution is 2.20. The van der Waals surface area contributed by atoms with Gasteiger partial charge in [0.15, 0.2) is 0 Å². The average Bonchev–Trinajstić information content (AvgIpc) is 2.41. The van der Waals surface area contributed by atoms with Crippen molar-refractivity contribution in [3.63, 3.8) is 0 Å². The molecule has 16 heavy (non-hydrogen) atoms. The zero-order chi connectivity index (χ0) is 12.0. The molecule has 4 atom stereocenters. The number of aliphatic hydroxyl groups is 1. The van der Waals surface area contributed by atoms with Crippen LogP contribution in [0.2, 0.25) is 0 Å². The first-order valence-electron chi connectivity index (χ1n) is 6.21. The van der Waals surface area contributed by atoms with Gasteiger partial charge in [-0.1, -0.05) is 6.08 Å². The first-order valence-corrected chi connectivity index (χ1v) is 6.21. The fourth-order valence-electron chi connectivity index (χ4n) is 2.14. The summed E-state index contributed by atoms with van der Waals surface area (Å²) in [5.74, 6) is 0. The van der Waals surface area contributed by atoms with Crippen LogP contribution in [0.3, 0.4) is 0 Å². The predicted molar refractivity (Wildman–Crippen MR) is 64.4 cm³/mol. The first-order chi connectivity index (χ1) is 7.63. The average molecular weight is 228 g/mol. The Kier molecular flexibility index (Phi) is 6.03. The summed E-state index contributed by atoms with van der Waals surface area (Å²) in [6, 6.07) is 0. The van der Waals surface area contributed by atoms with Crippen molar-refractivity contribution in [1.82, 2.24) is 0 Å². The standard InChI is InChI=1S/C13H24O3/c1-4-12-13(7-5-6-8-15-12)16-11(3)9-10(2)14/h4,10-14H,1,5-9H2,2-3H3/t10-,11-,12+,13-/m1/s1. The fourth-order valence-corrected chi connectivity index (χ4v) is 2.14. The van der Waals surface area contributed by atoms with Crippen LogP contribution in [0.15, 0.2) is 12.7 Å². The van der Waals surface area contributed by atoms with Gasteiger partial charge in [0.2, 0.25) is 0 Å². The van der Waals surface area contributed by atoms with E-state index in [1.54, 1.807) is 6.92 Å². The Hall–Kier alpha value is -0.380. The van der Waals surface area contributed by atoms with E-state index in [4.69, 9.17) is 9.47 Å². The highest BCUT2D eigenvalue weighted by molar-refractivity contribution is 4.89. The monoisotopic (exact) mass is 228 g/mol. The molecular weight excluding hydrogens is 204 g/mol. The van der Waals surface area contributed by atoms with Crippen molar-refractivity contribution < 1.29 is 14.6 Å². The molecule has 0 radical (unpaired) electrons. The molecule has 3 heteroatoms. The molecule has 0 aromatic heterocycles. The van der Waals surface area contributed by atoms with Crippen LogP contribution >= 0.6 is 0 Å². The number of hydrogen-bond donors (Lipinski definition) is 1. The van der Waals surface area contributed by atoms with Crippen molar-refractivity contribution in [1.29, 1.82) is 0 Å². The smallest absolute Gasteiger partial charge is 0.101 e. The van der Waals surface area contributed by atoms with E-state index in [0.717, 1.165) is 25.9 Å². The molecule has 0 amide bonds. The third-order valence-corrected chi connectivity index (χ3v) is 2.87. The van der Waals surface area contributed by atoms with E-state index in [2.05, 4.69) is 6.58 Å². The van der Waals surface area contributed by atoms with E-state index >= 15 is 0 Å². The van der Waals surface area contributed by atoms with Gasteiger partial charge in [0.05, 0.1) is 18.3 Å². The van der Waals surface area contributed by atoms with Crippen LogP contribution in [-0.2, 0) is 9.47 Å². The van der Waals surface area contributed by atoms with Crippen LogP contribution in [0.5, 0.6) is 0 Å². The molecule has 0 unspecified atom stereocenters. The maximum absolute atomic E-state index is 9.30. The Morgan fingerprint density at radius 1 is 1.50 bits per heavy atom. The normalized spacial score (nSPS) is 30.4. The number of ether oxygens (including phenoxy) is 2. The van der Waals surface area contributed by atoms with Gasteiger partial charge in [-0.2, -0.15) is 0 Å². The van der Waals surface area contributed by atoms with Gasteiger partial charge in [0, 0.05) is 6.61 Å². The van der Waals surface area contributed by atoms with Crippen molar-refractivity contribution in [2.24, 2.45) is 0 Å². The largest absolute Gasteiger partial charge is 0.393 e. The topological polar surface area (TPSA) is 38.7 Å². The first kappa shape index (κ1) is 13.7. The van der Waals surface area contributed by atoms with Crippen LogP contribution < -0.4 is 0 Å². The van der Waals surface area contributed by atoms with Crippen LogP contribution in [0, 0.1) is 0 Å². The molecule has 1 rings (SSSR count). The van der Waals surface area contributed by atoms with Gasteiger partial charge >= 0.3 is 0 Å². The number of rotatable bonds is 5. The predicted octanol–water partition coefficient (Wildman–Crippen LogP) is 2.29. The van der Waals surface area contributed by atoms with Gasteiger partial charge in [0.25, 0.3) is 0 Å². The molecule has 94 valence electrons. The second-order valence-electron chi connectivity index (χ2n) is 4.64. The molecule has 0 bridgehead atoms. The number of aliphatic hydroxyl groups excluding tert-OH is 1. The molecule has 1 N–H and O–H groups in total. The maximum atomic E-state index is 9.30. The summed E-state index contributed by atoms with van der Waals surface area (Å²) in [5.41, 5.74) is 0. The summed E-state index contributed by atoms with van der Waals surface area (Å²) in [5, 5.41) is 9.30. The van der Waals surface area contributed by atoms with Crippen LogP contribution in [0.4, 0.5) is 0 Å². The molecule has 1 aliphatic heterocycles. The van der Waals surface area contributed by atoms with Crippen LogP contribution in [0.1, 0.15) is 39.5 Å². The van der Waals surface area contributed by atoms with Crippen molar-refractivity contribution in [2.75, 3.05) is 6.61 Å². The van der Waals surface area contributed by atoms with Gasteiger partial charge in [-0.15, -0.1) is 6.58 Å². The molecule has 1 aliphatic rings. The minimum atomic E-state index is -0.316. The van der Waals surface area contributed by atoms with Crippen LogP contribution in [0.25, 0.3) is 0 Å². The Morgan fingerprint density at radius 3 is 2.88 bits per heavy atom. The van der Waals surface area contributed by atoms with E-state index < -0.39 is 0 Å². The third kappa shape index (κ3) is 4.64. The molecule has 3 nitrogen and oxygen atoms in total. The number of hydrogen-bond acceptors (Lipinski definition) is 3. The molecule has 1 heterocycles. The van der Waals surface area contributed by atoms with E-state index in [1.807, 2.05) is 13.0 Å². The van der Waals surface area contributed by atoms with Gasteiger partial charge in [-0.3, -0.25) is 0 Å². The molecule has 0 spiro atoms. The summed E-state index contributed by atoms with van der Waals surface area (Å²) in [4.78, 5) is 0. The SMILES string of the molecule is C=C[C@@H]1OCCCC[C@H]1O[C@H](C)C[C@@H](C)O. The summed E-state index contributed by atoms with van der Waals surface area (Å²) < 4.78 is 11.6. The Bertz CT molecular complexity index is 203. The summed E-state index contributed by atoms with van der Waals surface area (Å²) in [6.07, 6.45) is 5.57. The lowest BCUT2D eigenvalue weighted by atomic mass is 10.1. The van der Waals surface area contributed by atoms with Crippen molar-refractivity contribution in [3.05, 3.63) is 12.7 Å². The molecule has 1 saturated heterocycles. The molecule has 0 aliphatic carbocycles. The molecule has 0 aromatic carbocycles. The highest BCUT2D eigenvalue weighted by atomic mass is 16.5. The van der Waals surface area contributed by atoms with E-state index in [-0.39, 0.29) is 24.4 Å². The lowest BCUT2D eigenvalue weighted by molar-refractivity contribution is -0.0818. The maximum Gasteiger partial charge on any atom is 0.101 e. The van der Waals surface area contributed by atoms with E-state index in [0.29, 0.717) is 6.42 Å². The Labute approximate surface area is 98.4 Å². The van der Waals surface area contributed by atoms with Crippen molar-refractivity contribution in [2.45, 2.75) is 63.9 Å². The molecule has 0 saturated carbocycles. The van der Waals surface area contributed by atoms with Crippen LogP contribution in [-0.4, -0.2) is 36.1 Å². The molecular formula is C13H24O3. The Balaban J connectivity index is 2.44. The van der Waals surface area contributed by atoms with Gasteiger partial charge in [-0.25, -0.2) is 0 Å². The summed E-state index contributed by atoms with van der Waals surface area (Å²) >= 11 is 0. The quantitative estimate of drug-likeness (QED) is 0.734. The zero-order valence-electron chi connectivity index (χ0n) is 10.4. The lowest BCUT2D eigenvalue weighted by Gasteiger charge is -2.26. The van der Waals surface area contributed by atoms with Crippen molar-refractivity contribution >= 4 is 0 Å². The second kappa shape index (κ2) is 7.05. The van der Waals surface area contributed by atoms with Gasteiger partial charge in [0.1, 0.15) is 6.10 Å². The minimum absolute atomic E-state index is 0.000973. The van der Waals surface area contributed by atoms with Gasteiger partial charge in [-0.05, 0) is 39.5 Å². The van der Waals surface area contributed by atoms with Gasteiger partial charge < -0.3 is 14.6 Å². The van der Waals surface area contributed by atoms with E-state index in [1.165, 1.54) is 0 Å². The summed E-state index contributed by atoms with van der Waals surface area (Å²) in [7, 11) is 0. The van der Waals surface area contributed by atoms with E-state index in [9.17, 15) is 5.11 Å². The molecule has 0 aromatic rings. The second-order valence-corrected chi connectivity index (χ2v) is 4.64. The Morgan fingerprint density at radius 2 is 2.25 bits per heavy atom. The lowest BCUT2D eigenvalue weighted by Crippen LogP contribution is -2.32. The minimum Gasteiger partial charge on any atom is -0.393 e. The zero-order valence-corrected chi connectivity index (χ0v) is 10.4.